The van der Waals surface area contributed by atoms with Crippen molar-refractivity contribution in [2.24, 2.45) is 0 Å². The van der Waals surface area contributed by atoms with Crippen molar-refractivity contribution >= 4 is 5.91 Å². The Kier molecular flexibility index (Phi) is 4.44. The number of methoxy groups -OCH3 is 1. The van der Waals surface area contributed by atoms with E-state index < -0.39 is 0 Å². The summed E-state index contributed by atoms with van der Waals surface area (Å²) in [5.41, 5.74) is 1.20. The Balaban J connectivity index is 1.58. The van der Waals surface area contributed by atoms with Gasteiger partial charge in [-0.05, 0) is 49.9 Å². The Morgan fingerprint density at radius 3 is 2.76 bits per heavy atom. The van der Waals surface area contributed by atoms with Gasteiger partial charge in [-0.3, -0.25) is 4.79 Å². The maximum Gasteiger partial charge on any atom is 0.223 e. The lowest BCUT2D eigenvalue weighted by Crippen LogP contribution is -2.42. The van der Waals surface area contributed by atoms with Gasteiger partial charge in [0, 0.05) is 25.0 Å². The molecule has 2 unspecified atom stereocenters. The molecule has 2 atom stereocenters. The number of hydrogen-bond donors (Lipinski definition) is 1. The highest BCUT2D eigenvalue weighted by atomic mass is 16.5. The van der Waals surface area contributed by atoms with Gasteiger partial charge in [0.1, 0.15) is 5.75 Å². The number of rotatable bonds is 4. The predicted octanol–water partition coefficient (Wildman–Crippen LogP) is 1.98. The Labute approximate surface area is 126 Å². The van der Waals surface area contributed by atoms with Gasteiger partial charge in [0.25, 0.3) is 0 Å². The molecule has 2 saturated heterocycles. The van der Waals surface area contributed by atoms with E-state index in [1.165, 1.54) is 12.0 Å². The Bertz CT molecular complexity index is 472. The van der Waals surface area contributed by atoms with Crippen molar-refractivity contribution in [2.75, 3.05) is 20.2 Å². The normalized spacial score (nSPS) is 24.7. The van der Waals surface area contributed by atoms with Gasteiger partial charge >= 0.3 is 0 Å². The predicted molar refractivity (Wildman–Crippen MR) is 82.5 cm³/mol. The van der Waals surface area contributed by atoms with Gasteiger partial charge in [0.15, 0.2) is 0 Å². The van der Waals surface area contributed by atoms with Crippen molar-refractivity contribution in [1.29, 1.82) is 0 Å². The van der Waals surface area contributed by atoms with Gasteiger partial charge < -0.3 is 15.0 Å². The molecule has 0 aromatic heterocycles. The highest BCUT2D eigenvalue weighted by molar-refractivity contribution is 5.77. The van der Waals surface area contributed by atoms with Crippen molar-refractivity contribution in [3.63, 3.8) is 0 Å². The number of nitrogens with one attached hydrogen (secondary N) is 1. The van der Waals surface area contributed by atoms with E-state index in [1.54, 1.807) is 7.11 Å². The van der Waals surface area contributed by atoms with Crippen LogP contribution in [0.1, 0.15) is 31.2 Å². The van der Waals surface area contributed by atoms with Crippen molar-refractivity contribution in [2.45, 2.75) is 44.2 Å². The molecule has 21 heavy (non-hydrogen) atoms. The molecule has 2 bridgehead atoms. The van der Waals surface area contributed by atoms with Crippen LogP contribution in [0, 0.1) is 0 Å². The molecular weight excluding hydrogens is 264 g/mol. The summed E-state index contributed by atoms with van der Waals surface area (Å²) in [5.74, 6) is 1.18. The third kappa shape index (κ3) is 3.21. The number of fused-ring (bicyclic) bond motifs is 2. The summed E-state index contributed by atoms with van der Waals surface area (Å²) in [4.78, 5) is 14.8. The standard InChI is InChI=1S/C17H24N2O2/c1-21-16-7-2-13(3-8-16)4-9-17(20)19-14-5-6-15(19)12-18-11-10-14/h2-3,7-8,14-15,18H,4-6,9-12H2,1H3. The van der Waals surface area contributed by atoms with Crippen molar-refractivity contribution in [1.82, 2.24) is 10.2 Å². The van der Waals surface area contributed by atoms with Gasteiger partial charge in [0.05, 0.1) is 7.11 Å². The van der Waals surface area contributed by atoms with Crippen molar-refractivity contribution in [3.05, 3.63) is 29.8 Å². The SMILES string of the molecule is COc1ccc(CCC(=O)N2C3CCNCC2CC3)cc1. The second-order valence-corrected chi connectivity index (χ2v) is 6.03. The molecule has 0 radical (unpaired) electrons. The summed E-state index contributed by atoms with van der Waals surface area (Å²) in [5, 5.41) is 3.44. The summed E-state index contributed by atoms with van der Waals surface area (Å²) >= 11 is 0. The number of carbonyl (C=O) groups is 1. The van der Waals surface area contributed by atoms with Crippen LogP contribution in [0.5, 0.6) is 5.75 Å². The number of ether oxygens (including phenoxy) is 1. The minimum absolute atomic E-state index is 0.321. The van der Waals surface area contributed by atoms with E-state index in [1.807, 2.05) is 24.3 Å². The number of aryl methyl sites for hydroxylation is 1. The van der Waals surface area contributed by atoms with Gasteiger partial charge in [-0.2, -0.15) is 0 Å². The number of nitrogens with zero attached hydrogens (tertiary/aromatic N) is 1. The summed E-state index contributed by atoms with van der Waals surface area (Å²) in [6.07, 6.45) is 4.86. The van der Waals surface area contributed by atoms with Gasteiger partial charge in [-0.15, -0.1) is 0 Å². The average Bonchev–Trinajstić information content (AvgIpc) is 2.78. The van der Waals surface area contributed by atoms with Crippen LogP contribution < -0.4 is 10.1 Å². The fourth-order valence-electron chi connectivity index (χ4n) is 3.56. The van der Waals surface area contributed by atoms with Crippen LogP contribution in [0.15, 0.2) is 24.3 Å². The number of hydrogen-bond acceptors (Lipinski definition) is 3. The summed E-state index contributed by atoms with van der Waals surface area (Å²) in [6, 6.07) is 8.89. The zero-order chi connectivity index (χ0) is 14.7. The van der Waals surface area contributed by atoms with E-state index in [2.05, 4.69) is 10.2 Å². The summed E-state index contributed by atoms with van der Waals surface area (Å²) < 4.78 is 5.16. The molecule has 1 amide bonds. The molecule has 2 heterocycles. The maximum absolute atomic E-state index is 12.6. The van der Waals surface area contributed by atoms with Gasteiger partial charge in [-0.25, -0.2) is 0 Å². The molecule has 2 aliphatic rings. The lowest BCUT2D eigenvalue weighted by atomic mass is 10.1. The van der Waals surface area contributed by atoms with E-state index in [9.17, 15) is 4.79 Å². The minimum atomic E-state index is 0.321. The lowest BCUT2D eigenvalue weighted by molar-refractivity contribution is -0.133. The van der Waals surface area contributed by atoms with Gasteiger partial charge in [-0.1, -0.05) is 12.1 Å². The van der Waals surface area contributed by atoms with E-state index in [0.717, 1.165) is 38.1 Å². The molecule has 0 aliphatic carbocycles. The van der Waals surface area contributed by atoms with Gasteiger partial charge in [0.2, 0.25) is 5.91 Å². The Morgan fingerprint density at radius 1 is 1.24 bits per heavy atom. The van der Waals surface area contributed by atoms with Crippen LogP contribution in [0.3, 0.4) is 0 Å². The highest BCUT2D eigenvalue weighted by Gasteiger charge is 2.37. The first-order valence-electron chi connectivity index (χ1n) is 7.93. The van der Waals surface area contributed by atoms with E-state index in [4.69, 9.17) is 4.74 Å². The molecule has 4 heteroatoms. The van der Waals surface area contributed by atoms with Crippen LogP contribution in [-0.4, -0.2) is 43.1 Å². The van der Waals surface area contributed by atoms with E-state index >= 15 is 0 Å². The van der Waals surface area contributed by atoms with Crippen LogP contribution in [-0.2, 0) is 11.2 Å². The molecule has 1 aromatic carbocycles. The maximum atomic E-state index is 12.6. The first-order chi connectivity index (χ1) is 10.3. The smallest absolute Gasteiger partial charge is 0.223 e. The topological polar surface area (TPSA) is 41.6 Å². The monoisotopic (exact) mass is 288 g/mol. The van der Waals surface area contributed by atoms with E-state index in [0.29, 0.717) is 24.4 Å². The molecule has 3 rings (SSSR count). The number of carbonyl (C=O) groups excluding carboxylic acids is 1. The van der Waals surface area contributed by atoms with E-state index in [-0.39, 0.29) is 0 Å². The Morgan fingerprint density at radius 2 is 2.00 bits per heavy atom. The third-order valence-electron chi connectivity index (χ3n) is 4.73. The highest BCUT2D eigenvalue weighted by Crippen LogP contribution is 2.28. The second-order valence-electron chi connectivity index (χ2n) is 6.03. The number of benzene rings is 1. The van der Waals surface area contributed by atoms with Crippen LogP contribution in [0.2, 0.25) is 0 Å². The third-order valence-corrected chi connectivity index (χ3v) is 4.73. The molecule has 2 fully saturated rings. The lowest BCUT2D eigenvalue weighted by Gasteiger charge is -2.28. The molecule has 114 valence electrons. The first kappa shape index (κ1) is 14.4. The zero-order valence-electron chi connectivity index (χ0n) is 12.7. The molecule has 1 aromatic rings. The molecule has 2 aliphatic heterocycles. The minimum Gasteiger partial charge on any atom is -0.497 e. The van der Waals surface area contributed by atoms with Crippen molar-refractivity contribution in [3.8, 4) is 5.75 Å². The molecule has 4 nitrogen and oxygen atoms in total. The van der Waals surface area contributed by atoms with Crippen LogP contribution >= 0.6 is 0 Å². The summed E-state index contributed by atoms with van der Waals surface area (Å²) in [6.45, 7) is 2.01. The molecule has 0 saturated carbocycles. The molecule has 0 spiro atoms. The molecular formula is C17H24N2O2. The first-order valence-corrected chi connectivity index (χ1v) is 7.93. The fraction of sp³-hybridized carbons (Fsp3) is 0.588. The Hall–Kier alpha value is -1.55. The quantitative estimate of drug-likeness (QED) is 0.921. The molecule has 1 N–H and O–H groups in total. The second kappa shape index (κ2) is 6.48. The fourth-order valence-corrected chi connectivity index (χ4v) is 3.56. The summed E-state index contributed by atoms with van der Waals surface area (Å²) in [7, 11) is 1.67. The van der Waals surface area contributed by atoms with Crippen molar-refractivity contribution < 1.29 is 9.53 Å². The average molecular weight is 288 g/mol. The largest absolute Gasteiger partial charge is 0.497 e. The zero-order valence-corrected chi connectivity index (χ0v) is 12.7. The number of amides is 1. The van der Waals surface area contributed by atoms with Crippen LogP contribution in [0.25, 0.3) is 0 Å². The van der Waals surface area contributed by atoms with Crippen LogP contribution in [0.4, 0.5) is 0 Å².